The van der Waals surface area contributed by atoms with Crippen LogP contribution in [0.1, 0.15) is 16.8 Å². The number of benzene rings is 2. The Hall–Kier alpha value is -3.12. The van der Waals surface area contributed by atoms with Gasteiger partial charge in [-0.25, -0.2) is 4.98 Å². The minimum absolute atomic E-state index is 0.0000255. The summed E-state index contributed by atoms with van der Waals surface area (Å²) in [5.74, 6) is 0.815. The van der Waals surface area contributed by atoms with E-state index in [1.807, 2.05) is 52.4 Å². The van der Waals surface area contributed by atoms with E-state index in [0.29, 0.717) is 13.0 Å². The number of methoxy groups -OCH3 is 1. The highest BCUT2D eigenvalue weighted by Crippen LogP contribution is 2.25. The fourth-order valence-electron chi connectivity index (χ4n) is 2.99. The summed E-state index contributed by atoms with van der Waals surface area (Å²) in [6.45, 7) is 2.59. The number of fused-ring (bicyclic) bond motifs is 1. The lowest BCUT2D eigenvalue weighted by atomic mass is 10.1. The predicted molar refractivity (Wildman–Crippen MR) is 112 cm³/mol. The van der Waals surface area contributed by atoms with Crippen molar-refractivity contribution in [2.75, 3.05) is 7.11 Å². The van der Waals surface area contributed by atoms with E-state index < -0.39 is 0 Å². The van der Waals surface area contributed by atoms with Crippen molar-refractivity contribution in [3.63, 3.8) is 0 Å². The van der Waals surface area contributed by atoms with Gasteiger partial charge in [0.1, 0.15) is 5.75 Å². The molecule has 0 aliphatic carbocycles. The number of ether oxygens (including phenoxy) is 1. The van der Waals surface area contributed by atoms with Gasteiger partial charge >= 0.3 is 0 Å². The van der Waals surface area contributed by atoms with E-state index in [9.17, 15) is 4.79 Å². The van der Waals surface area contributed by atoms with Gasteiger partial charge in [-0.3, -0.25) is 9.20 Å². The number of rotatable bonds is 6. The lowest BCUT2D eigenvalue weighted by Gasteiger charge is -2.05. The van der Waals surface area contributed by atoms with E-state index in [0.717, 1.165) is 33.2 Å². The Bertz CT molecular complexity index is 1100. The Morgan fingerprint density at radius 1 is 1.14 bits per heavy atom. The van der Waals surface area contributed by atoms with Crippen LogP contribution < -0.4 is 10.1 Å². The molecule has 0 saturated carbocycles. The number of carbonyl (C=O) groups excluding carboxylic acids is 1. The fourth-order valence-corrected chi connectivity index (χ4v) is 3.86. The highest BCUT2D eigenvalue weighted by atomic mass is 32.1. The van der Waals surface area contributed by atoms with Crippen molar-refractivity contribution in [1.82, 2.24) is 14.7 Å². The average Bonchev–Trinajstić information content (AvgIpc) is 3.30. The molecule has 0 bridgehead atoms. The SMILES string of the molecule is COc1ccc(-c2cn3c(CC(=O)NCc4ccc(C)cc4)csc3n2)cc1. The van der Waals surface area contributed by atoms with Gasteiger partial charge in [-0.15, -0.1) is 11.3 Å². The van der Waals surface area contributed by atoms with E-state index in [-0.39, 0.29) is 5.91 Å². The number of carbonyl (C=O) groups is 1. The first kappa shape index (κ1) is 18.3. The van der Waals surface area contributed by atoms with Crippen LogP contribution in [-0.2, 0) is 17.8 Å². The number of amides is 1. The molecule has 6 heteroatoms. The van der Waals surface area contributed by atoms with Gasteiger partial charge in [0.05, 0.1) is 19.2 Å². The minimum atomic E-state index is -0.0000255. The molecule has 0 aliphatic rings. The number of nitrogens with zero attached hydrogens (tertiary/aromatic N) is 2. The van der Waals surface area contributed by atoms with Crippen molar-refractivity contribution in [1.29, 1.82) is 0 Å². The highest BCUT2D eigenvalue weighted by Gasteiger charge is 2.12. The maximum absolute atomic E-state index is 12.4. The second-order valence-corrected chi connectivity index (χ2v) is 7.51. The lowest BCUT2D eigenvalue weighted by molar-refractivity contribution is -0.120. The van der Waals surface area contributed by atoms with E-state index in [4.69, 9.17) is 4.74 Å². The minimum Gasteiger partial charge on any atom is -0.497 e. The number of hydrogen-bond donors (Lipinski definition) is 1. The van der Waals surface area contributed by atoms with Crippen molar-refractivity contribution in [2.24, 2.45) is 0 Å². The Kier molecular flexibility index (Phi) is 5.12. The van der Waals surface area contributed by atoms with Crippen molar-refractivity contribution in [3.8, 4) is 17.0 Å². The zero-order valence-electron chi connectivity index (χ0n) is 15.8. The highest BCUT2D eigenvalue weighted by molar-refractivity contribution is 7.15. The number of nitrogens with one attached hydrogen (secondary N) is 1. The third kappa shape index (κ3) is 3.92. The second-order valence-electron chi connectivity index (χ2n) is 6.67. The van der Waals surface area contributed by atoms with E-state index in [1.165, 1.54) is 5.56 Å². The summed E-state index contributed by atoms with van der Waals surface area (Å²) >= 11 is 1.54. The zero-order chi connectivity index (χ0) is 19.5. The molecule has 1 amide bonds. The molecule has 2 heterocycles. The first-order chi connectivity index (χ1) is 13.6. The predicted octanol–water partition coefficient (Wildman–Crippen LogP) is 4.24. The third-order valence-corrected chi connectivity index (χ3v) is 5.51. The van der Waals surface area contributed by atoms with Gasteiger partial charge in [-0.2, -0.15) is 0 Å². The van der Waals surface area contributed by atoms with Crippen LogP contribution in [0.25, 0.3) is 16.2 Å². The van der Waals surface area contributed by atoms with Crippen LogP contribution in [0.5, 0.6) is 5.75 Å². The summed E-state index contributed by atoms with van der Waals surface area (Å²) in [7, 11) is 1.65. The molecule has 1 N–H and O–H groups in total. The molecule has 0 fully saturated rings. The molecule has 2 aromatic heterocycles. The third-order valence-electron chi connectivity index (χ3n) is 4.62. The van der Waals surface area contributed by atoms with Crippen molar-refractivity contribution < 1.29 is 9.53 Å². The van der Waals surface area contributed by atoms with Gasteiger partial charge in [0.15, 0.2) is 4.96 Å². The number of imidazole rings is 1. The first-order valence-electron chi connectivity index (χ1n) is 9.04. The maximum Gasteiger partial charge on any atom is 0.226 e. The molecular weight excluding hydrogens is 370 g/mol. The van der Waals surface area contributed by atoms with E-state index in [1.54, 1.807) is 18.4 Å². The standard InChI is InChI=1S/C22H21N3O2S/c1-15-3-5-16(6-4-15)12-23-21(26)11-18-14-28-22-24-20(13-25(18)22)17-7-9-19(27-2)10-8-17/h3-10,13-14H,11-12H2,1-2H3,(H,23,26). The number of aromatic nitrogens is 2. The van der Waals surface area contributed by atoms with Crippen LogP contribution in [0.2, 0.25) is 0 Å². The molecule has 0 saturated heterocycles. The van der Waals surface area contributed by atoms with E-state index >= 15 is 0 Å². The summed E-state index contributed by atoms with van der Waals surface area (Å²) < 4.78 is 7.20. The monoisotopic (exact) mass is 391 g/mol. The molecule has 28 heavy (non-hydrogen) atoms. The molecule has 5 nitrogen and oxygen atoms in total. The molecule has 142 valence electrons. The Morgan fingerprint density at radius 3 is 2.61 bits per heavy atom. The summed E-state index contributed by atoms with van der Waals surface area (Å²) in [5.41, 5.74) is 5.15. The maximum atomic E-state index is 12.4. The van der Waals surface area contributed by atoms with Crippen LogP contribution >= 0.6 is 11.3 Å². The molecule has 0 radical (unpaired) electrons. The van der Waals surface area contributed by atoms with Gasteiger partial charge in [0.2, 0.25) is 5.91 Å². The molecular formula is C22H21N3O2S. The molecule has 4 aromatic rings. The molecule has 0 spiro atoms. The smallest absolute Gasteiger partial charge is 0.226 e. The Balaban J connectivity index is 1.45. The molecule has 0 atom stereocenters. The van der Waals surface area contributed by atoms with Crippen LogP contribution in [0.4, 0.5) is 0 Å². The van der Waals surface area contributed by atoms with Crippen LogP contribution in [0.15, 0.2) is 60.1 Å². The van der Waals surface area contributed by atoms with Crippen LogP contribution in [0, 0.1) is 6.92 Å². The number of hydrogen-bond acceptors (Lipinski definition) is 4. The summed E-state index contributed by atoms with van der Waals surface area (Å²) in [4.78, 5) is 17.9. The summed E-state index contributed by atoms with van der Waals surface area (Å²) in [6, 6.07) is 16.0. The molecule has 0 aliphatic heterocycles. The number of aryl methyl sites for hydroxylation is 1. The average molecular weight is 391 g/mol. The Labute approximate surface area is 167 Å². The molecule has 4 rings (SSSR count). The summed E-state index contributed by atoms with van der Waals surface area (Å²) in [6.07, 6.45) is 2.31. The number of thiazole rings is 1. The van der Waals surface area contributed by atoms with Gasteiger partial charge in [0.25, 0.3) is 0 Å². The second kappa shape index (κ2) is 7.86. The quantitative estimate of drug-likeness (QED) is 0.535. The van der Waals surface area contributed by atoms with Crippen molar-refractivity contribution in [3.05, 3.63) is 76.9 Å². The van der Waals surface area contributed by atoms with Crippen molar-refractivity contribution >= 4 is 22.2 Å². The summed E-state index contributed by atoms with van der Waals surface area (Å²) in [5, 5.41) is 4.98. The zero-order valence-corrected chi connectivity index (χ0v) is 16.6. The Morgan fingerprint density at radius 2 is 1.89 bits per heavy atom. The topological polar surface area (TPSA) is 55.6 Å². The van der Waals surface area contributed by atoms with E-state index in [2.05, 4.69) is 29.4 Å². The molecule has 2 aromatic carbocycles. The molecule has 0 unspecified atom stereocenters. The lowest BCUT2D eigenvalue weighted by Crippen LogP contribution is -2.24. The first-order valence-corrected chi connectivity index (χ1v) is 9.92. The fraction of sp³-hybridized carbons (Fsp3) is 0.182. The van der Waals surface area contributed by atoms with Gasteiger partial charge < -0.3 is 10.1 Å². The normalized spacial score (nSPS) is 10.9. The van der Waals surface area contributed by atoms with Gasteiger partial charge in [-0.05, 0) is 36.8 Å². The van der Waals surface area contributed by atoms with Crippen LogP contribution in [-0.4, -0.2) is 22.4 Å². The van der Waals surface area contributed by atoms with Gasteiger partial charge in [-0.1, -0.05) is 29.8 Å². The van der Waals surface area contributed by atoms with Crippen molar-refractivity contribution in [2.45, 2.75) is 19.9 Å². The van der Waals surface area contributed by atoms with Crippen LogP contribution in [0.3, 0.4) is 0 Å². The largest absolute Gasteiger partial charge is 0.497 e. The van der Waals surface area contributed by atoms with Gasteiger partial charge in [0, 0.05) is 29.4 Å².